The molecule has 0 heterocycles. The van der Waals surface area contributed by atoms with Crippen LogP contribution < -0.4 is 0 Å². The summed E-state index contributed by atoms with van der Waals surface area (Å²) in [5.74, 6) is -0.550. The Morgan fingerprint density at radius 2 is 0.745 bits per heavy atom. The topological polar surface area (TPSA) is 124 Å². The summed E-state index contributed by atoms with van der Waals surface area (Å²) in [6.07, 6.45) is 4.86. The van der Waals surface area contributed by atoms with Crippen molar-refractivity contribution in [1.29, 1.82) is 0 Å². The fourth-order valence-corrected chi connectivity index (χ4v) is 6.85. The van der Waals surface area contributed by atoms with E-state index < -0.39 is 24.2 Å². The van der Waals surface area contributed by atoms with E-state index in [1.807, 2.05) is 60.7 Å². The van der Waals surface area contributed by atoms with Gasteiger partial charge in [0.05, 0.1) is 11.1 Å². The summed E-state index contributed by atoms with van der Waals surface area (Å²) in [6, 6.07) is 33.2. The van der Waals surface area contributed by atoms with Crippen LogP contribution in [0.4, 0.5) is 9.59 Å². The van der Waals surface area contributed by atoms with Crippen molar-refractivity contribution < 1.29 is 48.2 Å². The predicted molar refractivity (Wildman–Crippen MR) is 186 cm³/mol. The average Bonchev–Trinajstić information content (AvgIpc) is 3.18. The molecule has 4 aromatic rings. The summed E-state index contributed by atoms with van der Waals surface area (Å²) in [5, 5.41) is 0. The molecule has 2 aliphatic rings. The standard InChI is InChI=1S/C41H40O10/c42-38(34-19-15-32(16-20-34)30-7-3-1-4-8-30)48-50-40(44)46-36-23-11-28(12-24-36)27-29-13-25-37(26-14-29)47-41(45)51-49-39(43)35-21-17-33(18-22-35)31-9-5-2-6-10-31/h1-10,15-22,28-29,36-37H,11-14,23-27H2. The highest BCUT2D eigenvalue weighted by Gasteiger charge is 2.30. The second-order valence-corrected chi connectivity index (χ2v) is 13.1. The monoisotopic (exact) mass is 692 g/mol. The van der Waals surface area contributed by atoms with Crippen molar-refractivity contribution in [3.05, 3.63) is 120 Å². The van der Waals surface area contributed by atoms with Gasteiger partial charge in [-0.05, 0) is 116 Å². The third-order valence-electron chi connectivity index (χ3n) is 9.61. The van der Waals surface area contributed by atoms with Crippen molar-refractivity contribution in [3.63, 3.8) is 0 Å². The lowest BCUT2D eigenvalue weighted by atomic mass is 9.76. The van der Waals surface area contributed by atoms with Crippen molar-refractivity contribution >= 4 is 24.2 Å². The van der Waals surface area contributed by atoms with E-state index in [2.05, 4.69) is 9.78 Å². The molecule has 0 saturated heterocycles. The number of carbonyl (C=O) groups excluding carboxylic acids is 4. The van der Waals surface area contributed by atoms with Crippen LogP contribution in [0.25, 0.3) is 22.3 Å². The van der Waals surface area contributed by atoms with Crippen molar-refractivity contribution in [2.45, 2.75) is 70.0 Å². The lowest BCUT2D eigenvalue weighted by Gasteiger charge is -2.33. The van der Waals surface area contributed by atoms with Crippen LogP contribution in [0.15, 0.2) is 109 Å². The molecule has 0 amide bonds. The van der Waals surface area contributed by atoms with Gasteiger partial charge >= 0.3 is 24.2 Å². The van der Waals surface area contributed by atoms with Crippen LogP contribution in [0.3, 0.4) is 0 Å². The maximum absolute atomic E-state index is 12.3. The molecule has 6 rings (SSSR count). The van der Waals surface area contributed by atoms with Gasteiger partial charge in [0.2, 0.25) is 0 Å². The summed E-state index contributed by atoms with van der Waals surface area (Å²) in [7, 11) is 0. The Balaban J connectivity index is 0.822. The first-order chi connectivity index (χ1) is 24.9. The molecule has 2 fully saturated rings. The van der Waals surface area contributed by atoms with E-state index in [4.69, 9.17) is 19.2 Å². The molecule has 10 nitrogen and oxygen atoms in total. The molecule has 0 N–H and O–H groups in total. The van der Waals surface area contributed by atoms with E-state index in [1.165, 1.54) is 0 Å². The first kappa shape index (κ1) is 35.2. The minimum absolute atomic E-state index is 0.256. The van der Waals surface area contributed by atoms with E-state index in [1.54, 1.807) is 48.5 Å². The Bertz CT molecular complexity index is 1610. The van der Waals surface area contributed by atoms with Crippen LogP contribution >= 0.6 is 0 Å². The normalized spacial score (nSPS) is 19.9. The van der Waals surface area contributed by atoms with Gasteiger partial charge in [-0.15, -0.1) is 0 Å². The molecule has 0 bridgehead atoms. The molecule has 2 saturated carbocycles. The van der Waals surface area contributed by atoms with Crippen LogP contribution in [0.2, 0.25) is 0 Å². The largest absolute Gasteiger partial charge is 0.550 e. The van der Waals surface area contributed by atoms with Crippen molar-refractivity contribution in [1.82, 2.24) is 0 Å². The Hall–Kier alpha value is -5.64. The van der Waals surface area contributed by atoms with Gasteiger partial charge in [-0.3, -0.25) is 0 Å². The van der Waals surface area contributed by atoms with Crippen LogP contribution in [0.1, 0.15) is 78.5 Å². The van der Waals surface area contributed by atoms with Crippen molar-refractivity contribution in [2.24, 2.45) is 11.8 Å². The molecule has 51 heavy (non-hydrogen) atoms. The summed E-state index contributed by atoms with van der Waals surface area (Å²) < 4.78 is 10.8. The number of hydrogen-bond acceptors (Lipinski definition) is 10. The number of hydrogen-bond donors (Lipinski definition) is 0. The fourth-order valence-electron chi connectivity index (χ4n) is 6.85. The van der Waals surface area contributed by atoms with E-state index in [9.17, 15) is 19.2 Å². The minimum Gasteiger partial charge on any atom is -0.428 e. The van der Waals surface area contributed by atoms with Gasteiger partial charge in [-0.2, -0.15) is 9.59 Å². The van der Waals surface area contributed by atoms with Gasteiger partial charge < -0.3 is 9.47 Å². The van der Waals surface area contributed by atoms with E-state index in [0.29, 0.717) is 37.5 Å². The zero-order valence-electron chi connectivity index (χ0n) is 28.1. The molecule has 2 aliphatic carbocycles. The number of benzene rings is 4. The summed E-state index contributed by atoms with van der Waals surface area (Å²) in [5.41, 5.74) is 4.45. The second-order valence-electron chi connectivity index (χ2n) is 13.1. The van der Waals surface area contributed by atoms with Crippen molar-refractivity contribution in [2.75, 3.05) is 0 Å². The Morgan fingerprint density at radius 1 is 0.412 bits per heavy atom. The maximum Gasteiger partial charge on any atom is 0.550 e. The van der Waals surface area contributed by atoms with Gasteiger partial charge in [0, 0.05) is 0 Å². The van der Waals surface area contributed by atoms with Gasteiger partial charge in [0.1, 0.15) is 12.2 Å². The quantitative estimate of drug-likeness (QED) is 0.100. The third kappa shape index (κ3) is 10.2. The molecule has 0 spiro atoms. The first-order valence-corrected chi connectivity index (χ1v) is 17.4. The zero-order chi connectivity index (χ0) is 35.4. The third-order valence-corrected chi connectivity index (χ3v) is 9.61. The Morgan fingerprint density at radius 3 is 1.10 bits per heavy atom. The molecular formula is C41H40O10. The van der Waals surface area contributed by atoms with E-state index in [-0.39, 0.29) is 23.3 Å². The SMILES string of the molecule is O=C(OOC(=O)c1ccc(-c2ccccc2)cc1)OC1CCC(CC2CCC(OC(=O)OOC(=O)c3ccc(-c4ccccc4)cc3)CC2)CC1. The molecule has 264 valence electrons. The van der Waals surface area contributed by atoms with Gasteiger partial charge in [-0.25, -0.2) is 29.1 Å². The molecule has 0 aromatic heterocycles. The molecule has 0 aliphatic heterocycles. The second kappa shape index (κ2) is 17.3. The zero-order valence-corrected chi connectivity index (χ0v) is 28.1. The maximum atomic E-state index is 12.3. The highest BCUT2D eigenvalue weighted by Crippen LogP contribution is 2.37. The Labute approximate surface area is 296 Å². The summed E-state index contributed by atoms with van der Waals surface area (Å²) in [6.45, 7) is 0. The lowest BCUT2D eigenvalue weighted by molar-refractivity contribution is -0.208. The molecule has 0 unspecified atom stereocenters. The van der Waals surface area contributed by atoms with E-state index >= 15 is 0 Å². The summed E-state index contributed by atoms with van der Waals surface area (Å²) in [4.78, 5) is 67.8. The molecule has 4 aromatic carbocycles. The first-order valence-electron chi connectivity index (χ1n) is 17.4. The van der Waals surface area contributed by atoms with E-state index in [0.717, 1.165) is 54.4 Å². The number of rotatable bonds is 8. The Kier molecular flexibility index (Phi) is 12.0. The minimum atomic E-state index is -1.03. The number of ether oxygens (including phenoxy) is 2. The van der Waals surface area contributed by atoms with Crippen LogP contribution in [0, 0.1) is 11.8 Å². The number of carbonyl (C=O) groups is 4. The van der Waals surface area contributed by atoms with Gasteiger partial charge in [0.25, 0.3) is 0 Å². The molecular weight excluding hydrogens is 652 g/mol. The predicted octanol–water partition coefficient (Wildman–Crippen LogP) is 9.68. The molecule has 0 radical (unpaired) electrons. The summed E-state index contributed by atoms with van der Waals surface area (Å²) >= 11 is 0. The van der Waals surface area contributed by atoms with Gasteiger partial charge in [0.15, 0.2) is 0 Å². The van der Waals surface area contributed by atoms with Crippen molar-refractivity contribution in [3.8, 4) is 22.3 Å². The van der Waals surface area contributed by atoms with Crippen LogP contribution in [0.5, 0.6) is 0 Å². The average molecular weight is 693 g/mol. The van der Waals surface area contributed by atoms with Crippen LogP contribution in [-0.2, 0) is 29.0 Å². The van der Waals surface area contributed by atoms with Gasteiger partial charge in [-0.1, -0.05) is 84.9 Å². The highest BCUT2D eigenvalue weighted by atomic mass is 17.2. The fraction of sp³-hybridized carbons (Fsp3) is 0.317. The molecule has 0 atom stereocenters. The molecule has 10 heteroatoms. The van der Waals surface area contributed by atoms with Crippen LogP contribution in [-0.4, -0.2) is 36.5 Å². The lowest BCUT2D eigenvalue weighted by Crippen LogP contribution is -2.28. The smallest absolute Gasteiger partial charge is 0.428 e. The highest BCUT2D eigenvalue weighted by molar-refractivity contribution is 5.90.